The van der Waals surface area contributed by atoms with Crippen molar-refractivity contribution < 1.29 is 43.7 Å². The molecule has 0 unspecified atom stereocenters. The van der Waals surface area contributed by atoms with Crippen LogP contribution in [0.5, 0.6) is 0 Å². The Bertz CT molecular complexity index is 219. The molecule has 0 aliphatic heterocycles. The van der Waals surface area contributed by atoms with E-state index in [2.05, 4.69) is 22.4 Å². The molecule has 89 valence electrons. The Morgan fingerprint density at radius 2 is 0.769 bits per heavy atom. The molecule has 1 radical (unpaired) electrons. The summed E-state index contributed by atoms with van der Waals surface area (Å²) in [7, 11) is -8.67. The van der Waals surface area contributed by atoms with Crippen LogP contribution in [0.25, 0.3) is 0 Å². The summed E-state index contributed by atoms with van der Waals surface area (Å²) in [6.07, 6.45) is 0. The molecule has 0 amide bonds. The van der Waals surface area contributed by atoms with Crippen LogP contribution in [0.4, 0.5) is 0 Å². The molecule has 0 aromatic heterocycles. The minimum atomic E-state index is -4.33. The van der Waals surface area contributed by atoms with Crippen molar-refractivity contribution in [3.8, 4) is 0 Å². The molecule has 0 aromatic rings. The van der Waals surface area contributed by atoms with Crippen LogP contribution < -0.4 is 12.3 Å². The van der Waals surface area contributed by atoms with Gasteiger partial charge in [-0.1, -0.05) is 0 Å². The summed E-state index contributed by atoms with van der Waals surface area (Å²) in [4.78, 5) is 0. The molecule has 0 saturated carbocycles. The van der Waals surface area contributed by atoms with Crippen LogP contribution in [0, 0.1) is 0 Å². The van der Waals surface area contributed by atoms with E-state index >= 15 is 0 Å². The van der Waals surface area contributed by atoms with E-state index in [1.807, 2.05) is 0 Å². The maximum Gasteiger partial charge on any atom is 2.00 e. The summed E-state index contributed by atoms with van der Waals surface area (Å²) in [5.74, 6) is 0. The van der Waals surface area contributed by atoms with Crippen LogP contribution in [0.3, 0.4) is 0 Å². The first kappa shape index (κ1) is 29.2. The molecule has 0 bridgehead atoms. The summed E-state index contributed by atoms with van der Waals surface area (Å²) >= 11 is 6.49. The summed E-state index contributed by atoms with van der Waals surface area (Å²) in [6, 6.07) is 0. The van der Waals surface area contributed by atoms with Crippen molar-refractivity contribution in [1.29, 1.82) is 0 Å². The Hall–Kier alpha value is 1.02. The van der Waals surface area contributed by atoms with Crippen molar-refractivity contribution in [3.05, 3.63) is 0 Å². The average molecular weight is 324 g/mol. The molecule has 13 heteroatoms. The Labute approximate surface area is 96.2 Å². The van der Waals surface area contributed by atoms with Crippen molar-refractivity contribution in [2.45, 2.75) is 0 Å². The number of quaternary nitrogens is 2. The van der Waals surface area contributed by atoms with Crippen LogP contribution in [0.2, 0.25) is 0 Å². The fourth-order valence-electron chi connectivity index (χ4n) is 0. The van der Waals surface area contributed by atoms with Gasteiger partial charge in [-0.05, 0) is 22.4 Å². The third-order valence-corrected chi connectivity index (χ3v) is 0. The molecule has 13 heavy (non-hydrogen) atoms. The van der Waals surface area contributed by atoms with Gasteiger partial charge < -0.3 is 30.5 Å². The van der Waals surface area contributed by atoms with Gasteiger partial charge in [-0.3, -0.25) is 8.42 Å². The Kier molecular flexibility index (Phi) is 24.9. The first-order valence-electron chi connectivity index (χ1n) is 1.33. The Morgan fingerprint density at radius 3 is 0.769 bits per heavy atom. The van der Waals surface area contributed by atoms with E-state index in [9.17, 15) is 0 Å². The minimum Gasteiger partial charge on any atom is -0.780 e. The quantitative estimate of drug-likeness (QED) is 0.514. The van der Waals surface area contributed by atoms with Gasteiger partial charge in [0.2, 0.25) is 0 Å². The summed E-state index contributed by atoms with van der Waals surface area (Å²) in [5.41, 5.74) is 0. The van der Waals surface area contributed by atoms with E-state index in [-0.39, 0.29) is 29.4 Å². The second-order valence-corrected chi connectivity index (χ2v) is 4.90. The van der Waals surface area contributed by atoms with Gasteiger partial charge in [0, 0.05) is 0 Å². The maximum atomic E-state index is 8.89. The molecule has 0 aliphatic rings. The predicted molar refractivity (Wildman–Crippen MR) is 46.1 cm³/mol. The summed E-state index contributed by atoms with van der Waals surface area (Å²) in [5, 5.41) is 0. The predicted octanol–water partition coefficient (Wildman–Crippen LogP) is -1.26. The molecule has 0 rings (SSSR count). The SMILES string of the molecule is O=S([O-])([O-])=S.O=S([O-])([O-])=S.[Cu+2].[NH4+].[NH4+]. The molecular weight excluding hydrogens is 316 g/mol. The maximum absolute atomic E-state index is 8.89. The zero-order chi connectivity index (χ0) is 9.00. The third-order valence-electron chi connectivity index (χ3n) is 0. The van der Waals surface area contributed by atoms with Crippen molar-refractivity contribution >= 4 is 40.5 Å². The van der Waals surface area contributed by atoms with Gasteiger partial charge in [0.25, 0.3) is 0 Å². The molecule has 0 atom stereocenters. The zero-order valence-electron chi connectivity index (χ0n) is 6.38. The van der Waals surface area contributed by atoms with Crippen LogP contribution in [-0.2, 0) is 57.6 Å². The Balaban J connectivity index is -0.0000000267. The fourth-order valence-corrected chi connectivity index (χ4v) is 0. The van der Waals surface area contributed by atoms with Gasteiger partial charge in [-0.15, -0.1) is 18.1 Å². The standard InChI is InChI=1S/Cu.2H3N.2H2O3S2/c;;;2*1-5(2,3)4/h;2*1H3;2*(H2,1,2,3,4)/q+2;;;;/p-2. The number of hydrogen-bond acceptors (Lipinski definition) is 8. The van der Waals surface area contributed by atoms with Crippen molar-refractivity contribution in [1.82, 2.24) is 12.3 Å². The monoisotopic (exact) mass is 323 g/mol. The fraction of sp³-hybridized carbons (Fsp3) is 0. The second kappa shape index (κ2) is 11.1. The molecule has 0 spiro atoms. The first-order valence-corrected chi connectivity index (χ1v) is 6.00. The number of rotatable bonds is 0. The molecular formula is H8CuN2O6S4. The van der Waals surface area contributed by atoms with Crippen molar-refractivity contribution in [2.24, 2.45) is 0 Å². The van der Waals surface area contributed by atoms with Crippen LogP contribution in [0.1, 0.15) is 0 Å². The molecule has 0 heterocycles. The van der Waals surface area contributed by atoms with E-state index in [4.69, 9.17) is 26.6 Å². The normalized spacial score (nSPS) is 8.92. The van der Waals surface area contributed by atoms with Crippen LogP contribution >= 0.6 is 0 Å². The van der Waals surface area contributed by atoms with E-state index < -0.39 is 18.1 Å². The van der Waals surface area contributed by atoms with E-state index in [0.717, 1.165) is 0 Å². The first-order chi connectivity index (χ1) is 4.00. The summed E-state index contributed by atoms with van der Waals surface area (Å²) < 4.78 is 53.3. The van der Waals surface area contributed by atoms with Crippen LogP contribution in [0.15, 0.2) is 0 Å². The van der Waals surface area contributed by atoms with Gasteiger partial charge >= 0.3 is 17.1 Å². The van der Waals surface area contributed by atoms with Gasteiger partial charge in [0.05, 0.1) is 0 Å². The molecule has 8 N–H and O–H groups in total. The largest absolute Gasteiger partial charge is 2.00 e. The van der Waals surface area contributed by atoms with Gasteiger partial charge in [0.1, 0.15) is 0 Å². The topological polar surface area (TPSA) is 199 Å². The van der Waals surface area contributed by atoms with E-state index in [1.165, 1.54) is 0 Å². The third kappa shape index (κ3) is 1520. The smallest absolute Gasteiger partial charge is 0.780 e. The molecule has 0 aromatic carbocycles. The van der Waals surface area contributed by atoms with Crippen molar-refractivity contribution in [2.75, 3.05) is 0 Å². The van der Waals surface area contributed by atoms with Crippen LogP contribution in [-0.4, -0.2) is 26.6 Å². The summed E-state index contributed by atoms with van der Waals surface area (Å²) in [6.45, 7) is 0. The van der Waals surface area contributed by atoms with E-state index in [1.54, 1.807) is 0 Å². The molecule has 0 aliphatic carbocycles. The average Bonchev–Trinajstić information content (AvgIpc) is 1.12. The van der Waals surface area contributed by atoms with Gasteiger partial charge in [-0.2, -0.15) is 0 Å². The molecule has 0 fully saturated rings. The molecule has 8 nitrogen and oxygen atoms in total. The minimum absolute atomic E-state index is 0. The van der Waals surface area contributed by atoms with E-state index in [0.29, 0.717) is 0 Å². The zero-order valence-corrected chi connectivity index (χ0v) is 10.6. The second-order valence-electron chi connectivity index (χ2n) is 0.816. The van der Waals surface area contributed by atoms with Crippen molar-refractivity contribution in [3.63, 3.8) is 0 Å². The Morgan fingerprint density at radius 1 is 0.769 bits per heavy atom. The van der Waals surface area contributed by atoms with Gasteiger partial charge in [0.15, 0.2) is 0 Å². The number of hydrogen-bond donors (Lipinski definition) is 2. The van der Waals surface area contributed by atoms with Gasteiger partial charge in [-0.25, -0.2) is 0 Å². The molecule has 0 saturated heterocycles.